The van der Waals surface area contributed by atoms with Gasteiger partial charge in [0, 0.05) is 0 Å². The van der Waals surface area contributed by atoms with Gasteiger partial charge < -0.3 is 0 Å². The molecule has 138 valence electrons. The van der Waals surface area contributed by atoms with Gasteiger partial charge in [-0.1, -0.05) is 0 Å². The van der Waals surface area contributed by atoms with Gasteiger partial charge in [0.25, 0.3) is 0 Å². The highest BCUT2D eigenvalue weighted by molar-refractivity contribution is 7.91. The minimum absolute atomic E-state index is 0.119. The summed E-state index contributed by atoms with van der Waals surface area (Å²) in [5, 5.41) is 0. The standard InChI is InChI=1S/C16H14N6O4S/c23-15-16(24)22-20-10-18-12-3-7-14(8-4-12)27(25,26)13-5-1-11(2-6-13)17-9-19-21-15/h1-10H,(H,17,19)(H,18,20)(H,21,23)(H,22,24). The molecule has 2 aromatic rings. The van der Waals surface area contributed by atoms with Gasteiger partial charge in [-0.15, -0.1) is 0 Å². The van der Waals surface area contributed by atoms with Crippen LogP contribution in [0.15, 0.2) is 68.3 Å². The number of hydrogen-bond acceptors (Lipinski definition) is 8. The molecule has 2 amide bonds. The minimum atomic E-state index is -3.68. The maximum Gasteiger partial charge on any atom is 0.329 e. The summed E-state index contributed by atoms with van der Waals surface area (Å²) >= 11 is 0. The van der Waals surface area contributed by atoms with Crippen molar-refractivity contribution in [2.45, 2.75) is 9.79 Å². The van der Waals surface area contributed by atoms with Gasteiger partial charge in [0.1, 0.15) is 12.7 Å². The molecule has 10 nitrogen and oxygen atoms in total. The van der Waals surface area contributed by atoms with Crippen LogP contribution in [0.25, 0.3) is 0 Å². The van der Waals surface area contributed by atoms with E-state index in [0.29, 0.717) is 11.4 Å². The van der Waals surface area contributed by atoms with Crippen molar-refractivity contribution >= 4 is 45.7 Å². The second kappa shape index (κ2) is 7.66. The number of nitrogens with one attached hydrogen (secondary N) is 4. The van der Waals surface area contributed by atoms with Crippen LogP contribution in [0.3, 0.4) is 0 Å². The molecule has 0 saturated carbocycles. The van der Waals surface area contributed by atoms with Crippen LogP contribution in [0.1, 0.15) is 0 Å². The summed E-state index contributed by atoms with van der Waals surface area (Å²) < 4.78 is 25.3. The molecule has 4 bridgehead atoms. The van der Waals surface area contributed by atoms with Gasteiger partial charge in [-0.2, -0.15) is 0 Å². The number of nitrogens with zero attached hydrogens (tertiary/aromatic N) is 2. The van der Waals surface area contributed by atoms with Crippen LogP contribution in [0.5, 0.6) is 0 Å². The fraction of sp³-hybridized carbons (Fsp3) is 0. The lowest BCUT2D eigenvalue weighted by atomic mass is 10.3. The second-order valence-corrected chi connectivity index (χ2v) is 7.15. The molecule has 2 aromatic carbocycles. The molecule has 3 aliphatic rings. The highest BCUT2D eigenvalue weighted by Gasteiger charge is 2.17. The fourth-order valence-corrected chi connectivity index (χ4v) is 3.34. The van der Waals surface area contributed by atoms with E-state index in [1.54, 1.807) is 0 Å². The van der Waals surface area contributed by atoms with Gasteiger partial charge in [0.05, 0.1) is 21.2 Å². The maximum atomic E-state index is 12.7. The van der Waals surface area contributed by atoms with Gasteiger partial charge in [-0.05, 0) is 48.5 Å². The van der Waals surface area contributed by atoms with Crippen molar-refractivity contribution in [2.75, 3.05) is 0 Å². The van der Waals surface area contributed by atoms with Crippen LogP contribution in [-0.4, -0.2) is 32.9 Å². The van der Waals surface area contributed by atoms with Crippen molar-refractivity contribution in [1.29, 1.82) is 0 Å². The van der Waals surface area contributed by atoms with Gasteiger partial charge >= 0.3 is 11.8 Å². The lowest BCUT2D eigenvalue weighted by Crippen LogP contribution is -2.49. The van der Waals surface area contributed by atoms with Crippen molar-refractivity contribution in [3.8, 4) is 0 Å². The summed E-state index contributed by atoms with van der Waals surface area (Å²) in [6, 6.07) is 11.8. The zero-order valence-corrected chi connectivity index (χ0v) is 14.5. The monoisotopic (exact) mass is 386 g/mol. The molecule has 0 radical (unpaired) electrons. The Morgan fingerprint density at radius 3 is 1.37 bits per heavy atom. The van der Waals surface area contributed by atoms with Crippen molar-refractivity contribution in [2.24, 2.45) is 9.98 Å². The summed E-state index contributed by atoms with van der Waals surface area (Å²) in [6.07, 6.45) is 2.30. The molecule has 5 rings (SSSR count). The van der Waals surface area contributed by atoms with Crippen LogP contribution >= 0.6 is 0 Å². The third-order valence-corrected chi connectivity index (χ3v) is 5.21. The molecule has 11 heteroatoms. The Bertz CT molecular complexity index is 936. The molecule has 0 spiro atoms. The number of hydrazine groups is 2. The Labute approximate surface area is 154 Å². The Morgan fingerprint density at radius 2 is 1.00 bits per heavy atom. The molecule has 0 fully saturated rings. The van der Waals surface area contributed by atoms with E-state index >= 15 is 0 Å². The summed E-state index contributed by atoms with van der Waals surface area (Å²) in [6.45, 7) is 0. The van der Waals surface area contributed by atoms with Crippen molar-refractivity contribution in [3.63, 3.8) is 0 Å². The first-order chi connectivity index (χ1) is 13.0. The van der Waals surface area contributed by atoms with E-state index in [9.17, 15) is 18.0 Å². The number of aliphatic imine (C=N–C) groups is 2. The molecular formula is C16H14N6O4S. The van der Waals surface area contributed by atoms with E-state index in [0.717, 1.165) is 12.7 Å². The van der Waals surface area contributed by atoms with E-state index < -0.39 is 21.7 Å². The topological polar surface area (TPSA) is 141 Å². The quantitative estimate of drug-likeness (QED) is 0.473. The fourth-order valence-electron chi connectivity index (χ4n) is 2.08. The van der Waals surface area contributed by atoms with Crippen LogP contribution in [0.2, 0.25) is 0 Å². The molecule has 0 aliphatic carbocycles. The number of amides is 2. The summed E-state index contributed by atoms with van der Waals surface area (Å²) in [5.74, 6) is -1.91. The molecule has 3 aliphatic heterocycles. The minimum Gasteiger partial charge on any atom is -0.288 e. The van der Waals surface area contributed by atoms with Gasteiger partial charge in [-0.25, -0.2) is 18.4 Å². The third-order valence-electron chi connectivity index (χ3n) is 3.43. The predicted octanol–water partition coefficient (Wildman–Crippen LogP) is 0.0942. The molecule has 0 unspecified atom stereocenters. The first kappa shape index (κ1) is 18.1. The van der Waals surface area contributed by atoms with E-state index in [2.05, 4.69) is 31.7 Å². The van der Waals surface area contributed by atoms with E-state index in [1.807, 2.05) is 0 Å². The summed E-state index contributed by atoms with van der Waals surface area (Å²) in [7, 11) is -3.68. The number of benzene rings is 2. The summed E-state index contributed by atoms with van der Waals surface area (Å²) in [5.41, 5.74) is 9.82. The normalized spacial score (nSPS) is 16.3. The molecule has 0 saturated heterocycles. The summed E-state index contributed by atoms with van der Waals surface area (Å²) in [4.78, 5) is 31.3. The first-order valence-electron chi connectivity index (χ1n) is 7.58. The Hall–Kier alpha value is -3.73. The highest BCUT2D eigenvalue weighted by Crippen LogP contribution is 2.24. The first-order valence-corrected chi connectivity index (χ1v) is 9.07. The zero-order chi connectivity index (χ0) is 19.3. The average Bonchev–Trinajstić information content (AvgIpc) is 2.68. The van der Waals surface area contributed by atoms with Crippen LogP contribution < -0.4 is 21.7 Å². The molecule has 27 heavy (non-hydrogen) atoms. The molecule has 0 atom stereocenters. The maximum absolute atomic E-state index is 12.7. The zero-order valence-electron chi connectivity index (χ0n) is 13.7. The average molecular weight is 386 g/mol. The van der Waals surface area contributed by atoms with Crippen LogP contribution in [0, 0.1) is 0 Å². The van der Waals surface area contributed by atoms with Gasteiger partial charge in [0.2, 0.25) is 9.84 Å². The molecular weight excluding hydrogens is 372 g/mol. The lowest BCUT2D eigenvalue weighted by molar-refractivity contribution is -0.139. The largest absolute Gasteiger partial charge is 0.329 e. The number of hydrogen-bond donors (Lipinski definition) is 4. The second-order valence-electron chi connectivity index (χ2n) is 5.20. The van der Waals surface area contributed by atoms with Crippen LogP contribution in [-0.2, 0) is 19.4 Å². The van der Waals surface area contributed by atoms with Gasteiger partial charge in [-0.3, -0.25) is 31.3 Å². The molecule has 3 heterocycles. The Morgan fingerprint density at radius 1 is 0.630 bits per heavy atom. The van der Waals surface area contributed by atoms with E-state index in [1.165, 1.54) is 48.5 Å². The number of carbonyl (C=O) groups is 2. The Balaban J connectivity index is 1.95. The highest BCUT2D eigenvalue weighted by atomic mass is 32.2. The predicted molar refractivity (Wildman–Crippen MR) is 97.2 cm³/mol. The van der Waals surface area contributed by atoms with Gasteiger partial charge in [0.15, 0.2) is 0 Å². The van der Waals surface area contributed by atoms with E-state index in [4.69, 9.17) is 0 Å². The lowest BCUT2D eigenvalue weighted by Gasteiger charge is -2.05. The Kier molecular flexibility index (Phi) is 5.13. The molecule has 4 N–H and O–H groups in total. The van der Waals surface area contributed by atoms with Crippen LogP contribution in [0.4, 0.5) is 11.4 Å². The van der Waals surface area contributed by atoms with Crippen molar-refractivity contribution < 1.29 is 18.0 Å². The smallest absolute Gasteiger partial charge is 0.288 e. The van der Waals surface area contributed by atoms with Crippen molar-refractivity contribution in [1.82, 2.24) is 21.7 Å². The molecule has 0 aromatic heterocycles. The SMILES string of the molecule is O=C1NNC=Nc2ccc(cc2)S(=O)(=O)c2ccc(cc2)N=CNNC1=O. The number of sulfone groups is 1. The number of carbonyl (C=O) groups excluding carboxylic acids is 2. The van der Waals surface area contributed by atoms with E-state index in [-0.39, 0.29) is 9.79 Å². The number of rotatable bonds is 0. The third kappa shape index (κ3) is 4.27. The number of fused-ring (bicyclic) bond motifs is 2. The van der Waals surface area contributed by atoms with Crippen molar-refractivity contribution in [3.05, 3.63) is 48.5 Å².